The first-order valence-electron chi connectivity index (χ1n) is 9.10. The Balaban J connectivity index is 1.75. The molecule has 154 valence electrons. The molecule has 1 aromatic heterocycles. The third-order valence-electron chi connectivity index (χ3n) is 4.60. The first-order valence-corrected chi connectivity index (χ1v) is 9.47. The number of carbonyl (C=O) groups excluding carboxylic acids is 2. The summed E-state index contributed by atoms with van der Waals surface area (Å²) in [6, 6.07) is 5.33. The van der Waals surface area contributed by atoms with Gasteiger partial charge in [-0.1, -0.05) is 16.8 Å². The monoisotopic (exact) mass is 421 g/mol. The van der Waals surface area contributed by atoms with Gasteiger partial charge in [-0.15, -0.1) is 0 Å². The molecule has 2 heterocycles. The molecule has 1 saturated heterocycles. The van der Waals surface area contributed by atoms with Gasteiger partial charge in [0.1, 0.15) is 17.8 Å². The van der Waals surface area contributed by atoms with Crippen molar-refractivity contribution in [3.05, 3.63) is 51.2 Å². The maximum absolute atomic E-state index is 13.0. The Morgan fingerprint density at radius 2 is 2.07 bits per heavy atom. The molecule has 10 nitrogen and oxygen atoms in total. The third kappa shape index (κ3) is 5.52. The highest BCUT2D eigenvalue weighted by Gasteiger charge is 2.24. The molecule has 0 aliphatic carbocycles. The summed E-state index contributed by atoms with van der Waals surface area (Å²) >= 11 is 5.83. The zero-order valence-electron chi connectivity index (χ0n) is 15.5. The van der Waals surface area contributed by atoms with Crippen LogP contribution < -0.4 is 5.32 Å². The van der Waals surface area contributed by atoms with Crippen LogP contribution in [0.4, 0.5) is 11.5 Å². The zero-order valence-corrected chi connectivity index (χ0v) is 16.3. The SMILES string of the molecule is O=C(CN(CCN1CCCC1)C(=O)c1ccc(Cl)c([N+](=O)[O-])c1)Nc1ccon1. The molecule has 1 aliphatic rings. The lowest BCUT2D eigenvalue weighted by molar-refractivity contribution is -0.384. The van der Waals surface area contributed by atoms with Crippen molar-refractivity contribution in [3.63, 3.8) is 0 Å². The van der Waals surface area contributed by atoms with Gasteiger partial charge in [-0.25, -0.2) is 0 Å². The highest BCUT2D eigenvalue weighted by atomic mass is 35.5. The summed E-state index contributed by atoms with van der Waals surface area (Å²) in [7, 11) is 0. The van der Waals surface area contributed by atoms with Gasteiger partial charge in [-0.3, -0.25) is 19.7 Å². The minimum absolute atomic E-state index is 0.0565. The molecule has 0 unspecified atom stereocenters. The van der Waals surface area contributed by atoms with Crippen molar-refractivity contribution in [3.8, 4) is 0 Å². The van der Waals surface area contributed by atoms with Gasteiger partial charge in [-0.05, 0) is 38.1 Å². The number of nitrogens with zero attached hydrogens (tertiary/aromatic N) is 4. The van der Waals surface area contributed by atoms with E-state index in [0.717, 1.165) is 32.0 Å². The van der Waals surface area contributed by atoms with E-state index < -0.39 is 16.7 Å². The predicted octanol–water partition coefficient (Wildman–Crippen LogP) is 2.41. The van der Waals surface area contributed by atoms with Crippen molar-refractivity contribution in [2.75, 3.05) is 38.0 Å². The third-order valence-corrected chi connectivity index (χ3v) is 4.92. The van der Waals surface area contributed by atoms with E-state index in [4.69, 9.17) is 11.6 Å². The molecular formula is C18H20ClN5O5. The maximum atomic E-state index is 13.0. The number of aromatic nitrogens is 1. The number of nitro benzene ring substituents is 1. The molecule has 0 bridgehead atoms. The molecule has 0 saturated carbocycles. The standard InChI is InChI=1S/C18H20ClN5O5/c19-14-4-3-13(11-15(14)24(27)28)18(26)23(9-8-22-6-1-2-7-22)12-17(25)20-16-5-10-29-21-16/h3-5,10-11H,1-2,6-9,12H2,(H,20,21,25). The average molecular weight is 422 g/mol. The second kappa shape index (κ2) is 9.48. The normalized spacial score (nSPS) is 14.0. The van der Waals surface area contributed by atoms with E-state index in [-0.39, 0.29) is 28.6 Å². The van der Waals surface area contributed by atoms with Crippen LogP contribution in [-0.2, 0) is 4.79 Å². The largest absolute Gasteiger partial charge is 0.363 e. The summed E-state index contributed by atoms with van der Waals surface area (Å²) in [6.07, 6.45) is 3.52. The molecule has 1 aliphatic heterocycles. The van der Waals surface area contributed by atoms with Crippen molar-refractivity contribution in [1.29, 1.82) is 0 Å². The summed E-state index contributed by atoms with van der Waals surface area (Å²) in [5, 5.41) is 17.2. The van der Waals surface area contributed by atoms with E-state index in [1.54, 1.807) is 0 Å². The summed E-state index contributed by atoms with van der Waals surface area (Å²) < 4.78 is 4.67. The number of nitrogens with one attached hydrogen (secondary N) is 1. The lowest BCUT2D eigenvalue weighted by Gasteiger charge is -2.25. The fraction of sp³-hybridized carbons (Fsp3) is 0.389. The first kappa shape index (κ1) is 20.7. The molecule has 0 atom stereocenters. The molecule has 0 radical (unpaired) electrons. The van der Waals surface area contributed by atoms with Gasteiger partial charge >= 0.3 is 0 Å². The minimum atomic E-state index is -0.648. The van der Waals surface area contributed by atoms with Crippen LogP contribution in [0.25, 0.3) is 0 Å². The molecule has 29 heavy (non-hydrogen) atoms. The molecule has 1 N–H and O–H groups in total. The Hall–Kier alpha value is -2.98. The van der Waals surface area contributed by atoms with E-state index in [1.807, 2.05) is 0 Å². The van der Waals surface area contributed by atoms with Crippen LogP contribution in [0.15, 0.2) is 35.1 Å². The fourth-order valence-electron chi connectivity index (χ4n) is 3.12. The van der Waals surface area contributed by atoms with Crippen molar-refractivity contribution in [2.24, 2.45) is 0 Å². The number of halogens is 1. The van der Waals surface area contributed by atoms with Gasteiger partial charge in [-0.2, -0.15) is 0 Å². The van der Waals surface area contributed by atoms with E-state index in [1.165, 1.54) is 29.4 Å². The summed E-state index contributed by atoms with van der Waals surface area (Å²) in [6.45, 7) is 2.58. The number of anilines is 1. The van der Waals surface area contributed by atoms with Crippen molar-refractivity contribution >= 4 is 34.9 Å². The molecule has 0 spiro atoms. The van der Waals surface area contributed by atoms with Crippen LogP contribution in [-0.4, -0.2) is 64.4 Å². The van der Waals surface area contributed by atoms with Crippen molar-refractivity contribution < 1.29 is 19.0 Å². The summed E-state index contributed by atoms with van der Waals surface area (Å²) in [4.78, 5) is 39.4. The number of hydrogen-bond donors (Lipinski definition) is 1. The number of amides is 2. The highest BCUT2D eigenvalue weighted by Crippen LogP contribution is 2.25. The van der Waals surface area contributed by atoms with Gasteiger partial charge in [0.05, 0.1) is 4.92 Å². The van der Waals surface area contributed by atoms with Gasteiger partial charge < -0.3 is 19.6 Å². The predicted molar refractivity (Wildman–Crippen MR) is 105 cm³/mol. The topological polar surface area (TPSA) is 122 Å². The molecule has 3 rings (SSSR count). The quantitative estimate of drug-likeness (QED) is 0.513. The maximum Gasteiger partial charge on any atom is 0.288 e. The number of rotatable bonds is 8. The zero-order chi connectivity index (χ0) is 20.8. The Labute approximate surface area is 171 Å². The van der Waals surface area contributed by atoms with Crippen LogP contribution in [0.1, 0.15) is 23.2 Å². The molecule has 2 aromatic rings. The lowest BCUT2D eigenvalue weighted by Crippen LogP contribution is -2.42. The van der Waals surface area contributed by atoms with Crippen molar-refractivity contribution in [1.82, 2.24) is 15.0 Å². The number of nitro groups is 1. The Morgan fingerprint density at radius 1 is 1.31 bits per heavy atom. The van der Waals surface area contributed by atoms with E-state index in [9.17, 15) is 19.7 Å². The first-order chi connectivity index (χ1) is 13.9. The highest BCUT2D eigenvalue weighted by molar-refractivity contribution is 6.32. The second-order valence-corrected chi connectivity index (χ2v) is 7.04. The Kier molecular flexibility index (Phi) is 6.78. The fourth-order valence-corrected chi connectivity index (χ4v) is 3.31. The van der Waals surface area contributed by atoms with Crippen LogP contribution in [0.5, 0.6) is 0 Å². The average Bonchev–Trinajstić information content (AvgIpc) is 3.38. The minimum Gasteiger partial charge on any atom is -0.363 e. The van der Waals surface area contributed by atoms with E-state index in [0.29, 0.717) is 13.1 Å². The van der Waals surface area contributed by atoms with E-state index in [2.05, 4.69) is 19.9 Å². The van der Waals surface area contributed by atoms with Crippen LogP contribution in [0.3, 0.4) is 0 Å². The Morgan fingerprint density at radius 3 is 2.72 bits per heavy atom. The molecule has 1 aromatic carbocycles. The smallest absolute Gasteiger partial charge is 0.288 e. The molecule has 11 heteroatoms. The number of benzene rings is 1. The van der Waals surface area contributed by atoms with Gasteiger partial charge in [0, 0.05) is 30.8 Å². The second-order valence-electron chi connectivity index (χ2n) is 6.63. The van der Waals surface area contributed by atoms with Crippen LogP contribution in [0.2, 0.25) is 5.02 Å². The van der Waals surface area contributed by atoms with Crippen LogP contribution >= 0.6 is 11.6 Å². The number of carbonyl (C=O) groups is 2. The van der Waals surface area contributed by atoms with Crippen molar-refractivity contribution in [2.45, 2.75) is 12.8 Å². The summed E-state index contributed by atoms with van der Waals surface area (Å²) in [5.74, 6) is -0.694. The summed E-state index contributed by atoms with van der Waals surface area (Å²) in [5.41, 5.74) is -0.263. The van der Waals surface area contributed by atoms with Gasteiger partial charge in [0.25, 0.3) is 11.6 Å². The van der Waals surface area contributed by atoms with Crippen LogP contribution in [0, 0.1) is 10.1 Å². The number of hydrogen-bond acceptors (Lipinski definition) is 7. The molecule has 2 amide bonds. The van der Waals surface area contributed by atoms with Gasteiger partial charge in [0.15, 0.2) is 5.82 Å². The molecule has 1 fully saturated rings. The van der Waals surface area contributed by atoms with E-state index >= 15 is 0 Å². The number of likely N-dealkylation sites (tertiary alicyclic amines) is 1. The lowest BCUT2D eigenvalue weighted by atomic mass is 10.1. The Bertz CT molecular complexity index is 883. The van der Waals surface area contributed by atoms with Gasteiger partial charge in [0.2, 0.25) is 5.91 Å². The molecular weight excluding hydrogens is 402 g/mol.